The molecule has 0 saturated carbocycles. The molecule has 0 unspecified atom stereocenters. The Bertz CT molecular complexity index is 756. The number of nitrogens with one attached hydrogen (secondary N) is 1. The van der Waals surface area contributed by atoms with Gasteiger partial charge in [0, 0.05) is 45.5 Å². The third-order valence-corrected chi connectivity index (χ3v) is 5.55. The van der Waals surface area contributed by atoms with E-state index in [0.717, 1.165) is 57.8 Å². The van der Waals surface area contributed by atoms with Crippen LogP contribution in [0.15, 0.2) is 45.8 Å². The zero-order valence-corrected chi connectivity index (χ0v) is 16.8. The van der Waals surface area contributed by atoms with Crippen molar-refractivity contribution >= 4 is 27.3 Å². The first-order valence-corrected chi connectivity index (χ1v) is 9.92. The number of unbranched alkanes of at least 4 members (excludes halogenated alkanes) is 1. The van der Waals surface area contributed by atoms with Crippen LogP contribution in [0.5, 0.6) is 0 Å². The highest BCUT2D eigenvalue weighted by atomic mass is 79.9. The molecule has 1 saturated heterocycles. The first kappa shape index (κ1) is 18.9. The average molecular weight is 420 g/mol. The van der Waals surface area contributed by atoms with E-state index in [1.165, 1.54) is 10.4 Å². The van der Waals surface area contributed by atoms with Crippen LogP contribution in [-0.4, -0.2) is 53.9 Å². The molecule has 0 amide bonds. The summed E-state index contributed by atoms with van der Waals surface area (Å²) in [5.41, 5.74) is 1.97. The molecule has 0 spiro atoms. The summed E-state index contributed by atoms with van der Waals surface area (Å²) in [7, 11) is 1.65. The van der Waals surface area contributed by atoms with Crippen molar-refractivity contribution in [3.8, 4) is 0 Å². The predicted octanol–water partition coefficient (Wildman–Crippen LogP) is 2.56. The predicted molar refractivity (Wildman–Crippen MR) is 110 cm³/mol. The summed E-state index contributed by atoms with van der Waals surface area (Å²) in [6, 6.07) is 10.6. The van der Waals surface area contributed by atoms with Gasteiger partial charge in [-0.05, 0) is 47.4 Å². The van der Waals surface area contributed by atoms with Gasteiger partial charge >= 0.3 is 0 Å². The largest absolute Gasteiger partial charge is 0.383 e. The zero-order chi connectivity index (χ0) is 18.4. The number of hydrogen-bond donors (Lipinski definition) is 1. The molecule has 1 fully saturated rings. The Morgan fingerprint density at radius 3 is 2.58 bits per heavy atom. The second-order valence-corrected chi connectivity index (χ2v) is 7.39. The van der Waals surface area contributed by atoms with E-state index in [9.17, 15) is 4.79 Å². The van der Waals surface area contributed by atoms with Crippen LogP contribution in [0.3, 0.4) is 0 Å². The van der Waals surface area contributed by atoms with Crippen LogP contribution in [0.4, 0.5) is 11.4 Å². The molecule has 1 N–H and O–H groups in total. The maximum atomic E-state index is 11.8. The number of para-hydroxylation sites is 1. The van der Waals surface area contributed by atoms with Crippen LogP contribution in [0, 0.1) is 0 Å². The lowest BCUT2D eigenvalue weighted by molar-refractivity contribution is 0.254. The Morgan fingerprint density at radius 1 is 1.12 bits per heavy atom. The molecule has 26 heavy (non-hydrogen) atoms. The lowest BCUT2D eigenvalue weighted by atomic mass is 10.2. The monoisotopic (exact) mass is 419 g/mol. The van der Waals surface area contributed by atoms with Crippen molar-refractivity contribution < 1.29 is 0 Å². The highest BCUT2D eigenvalue weighted by molar-refractivity contribution is 9.10. The summed E-state index contributed by atoms with van der Waals surface area (Å²) in [5, 5.41) is 7.34. The van der Waals surface area contributed by atoms with Gasteiger partial charge in [-0.15, -0.1) is 0 Å². The Hall–Kier alpha value is -1.86. The quantitative estimate of drug-likeness (QED) is 0.698. The fourth-order valence-corrected chi connectivity index (χ4v) is 3.69. The van der Waals surface area contributed by atoms with Gasteiger partial charge < -0.3 is 10.2 Å². The number of anilines is 2. The maximum Gasteiger partial charge on any atom is 0.282 e. The Kier molecular flexibility index (Phi) is 6.68. The number of hydrogen-bond acceptors (Lipinski definition) is 5. The second kappa shape index (κ2) is 9.19. The van der Waals surface area contributed by atoms with Crippen LogP contribution >= 0.6 is 15.9 Å². The van der Waals surface area contributed by atoms with Crippen molar-refractivity contribution in [2.75, 3.05) is 49.5 Å². The summed E-state index contributed by atoms with van der Waals surface area (Å²) in [4.78, 5) is 16.8. The van der Waals surface area contributed by atoms with Crippen LogP contribution in [0.25, 0.3) is 0 Å². The second-order valence-electron chi connectivity index (χ2n) is 6.60. The van der Waals surface area contributed by atoms with Crippen molar-refractivity contribution in [3.63, 3.8) is 0 Å². The number of benzene rings is 1. The van der Waals surface area contributed by atoms with Gasteiger partial charge in [0.2, 0.25) is 0 Å². The molecule has 7 heteroatoms. The standard InChI is InChI=1S/C19H26BrN5O/c1-23-19(26)18(20)17(15-22-23)21-9-5-6-10-24-11-13-25(14-12-24)16-7-3-2-4-8-16/h2-4,7-8,15,21H,5-6,9-14H2,1H3. The van der Waals surface area contributed by atoms with Gasteiger partial charge in [-0.25, -0.2) is 4.68 Å². The molecule has 6 nitrogen and oxygen atoms in total. The molecule has 1 aliphatic rings. The van der Waals surface area contributed by atoms with Crippen molar-refractivity contribution in [2.45, 2.75) is 12.8 Å². The van der Waals surface area contributed by atoms with Crippen LogP contribution in [0.1, 0.15) is 12.8 Å². The lowest BCUT2D eigenvalue weighted by Crippen LogP contribution is -2.46. The Morgan fingerprint density at radius 2 is 1.85 bits per heavy atom. The Balaban J connectivity index is 1.34. The third kappa shape index (κ3) is 4.86. The van der Waals surface area contributed by atoms with Crippen molar-refractivity contribution in [3.05, 3.63) is 51.4 Å². The average Bonchev–Trinajstić information content (AvgIpc) is 2.69. The van der Waals surface area contributed by atoms with E-state index < -0.39 is 0 Å². The van der Waals surface area contributed by atoms with Gasteiger partial charge in [0.05, 0.1) is 11.9 Å². The van der Waals surface area contributed by atoms with Gasteiger partial charge in [0.25, 0.3) is 5.56 Å². The van der Waals surface area contributed by atoms with Gasteiger partial charge in [0.15, 0.2) is 0 Å². The number of halogens is 1. The molecule has 0 radical (unpaired) electrons. The summed E-state index contributed by atoms with van der Waals surface area (Å²) >= 11 is 3.34. The van der Waals surface area contributed by atoms with E-state index >= 15 is 0 Å². The summed E-state index contributed by atoms with van der Waals surface area (Å²) in [6.07, 6.45) is 3.91. The van der Waals surface area contributed by atoms with E-state index in [1.54, 1.807) is 13.2 Å². The van der Waals surface area contributed by atoms with Crippen molar-refractivity contribution in [2.24, 2.45) is 7.05 Å². The fourth-order valence-electron chi connectivity index (χ4n) is 3.19. The van der Waals surface area contributed by atoms with E-state index in [2.05, 4.69) is 66.5 Å². The molecular formula is C19H26BrN5O. The molecule has 3 rings (SSSR count). The minimum Gasteiger partial charge on any atom is -0.383 e. The maximum absolute atomic E-state index is 11.8. The number of piperazine rings is 1. The lowest BCUT2D eigenvalue weighted by Gasteiger charge is -2.36. The highest BCUT2D eigenvalue weighted by Crippen LogP contribution is 2.17. The van der Waals surface area contributed by atoms with E-state index in [1.807, 2.05) is 0 Å². The molecule has 0 atom stereocenters. The normalized spacial score (nSPS) is 15.2. The summed E-state index contributed by atoms with van der Waals surface area (Å²) in [6.45, 7) is 6.39. The molecule has 2 aromatic rings. The van der Waals surface area contributed by atoms with Crippen LogP contribution in [-0.2, 0) is 7.05 Å². The molecular weight excluding hydrogens is 394 g/mol. The van der Waals surface area contributed by atoms with Crippen LogP contribution in [0.2, 0.25) is 0 Å². The van der Waals surface area contributed by atoms with Crippen molar-refractivity contribution in [1.29, 1.82) is 0 Å². The number of aryl methyl sites for hydroxylation is 1. The van der Waals surface area contributed by atoms with Crippen LogP contribution < -0.4 is 15.8 Å². The smallest absolute Gasteiger partial charge is 0.282 e. The highest BCUT2D eigenvalue weighted by Gasteiger charge is 2.16. The van der Waals surface area contributed by atoms with Gasteiger partial charge in [-0.1, -0.05) is 18.2 Å². The summed E-state index contributed by atoms with van der Waals surface area (Å²) in [5.74, 6) is 0. The molecule has 140 valence electrons. The molecule has 1 aromatic heterocycles. The molecule has 2 heterocycles. The molecule has 1 aromatic carbocycles. The minimum atomic E-state index is -0.119. The number of nitrogens with zero attached hydrogens (tertiary/aromatic N) is 4. The molecule has 1 aliphatic heterocycles. The first-order valence-electron chi connectivity index (χ1n) is 9.13. The topological polar surface area (TPSA) is 53.4 Å². The van der Waals surface area contributed by atoms with Gasteiger partial charge in [0.1, 0.15) is 4.47 Å². The van der Waals surface area contributed by atoms with Crippen molar-refractivity contribution in [1.82, 2.24) is 14.7 Å². The molecule has 0 aliphatic carbocycles. The number of rotatable bonds is 7. The summed E-state index contributed by atoms with van der Waals surface area (Å²) < 4.78 is 1.87. The van der Waals surface area contributed by atoms with E-state index in [0.29, 0.717) is 4.47 Å². The van der Waals surface area contributed by atoms with E-state index in [-0.39, 0.29) is 5.56 Å². The SMILES string of the molecule is Cn1ncc(NCCCCN2CCN(c3ccccc3)CC2)c(Br)c1=O. The fraction of sp³-hybridized carbons (Fsp3) is 0.474. The third-order valence-electron chi connectivity index (χ3n) is 4.79. The zero-order valence-electron chi connectivity index (χ0n) is 15.2. The Labute approximate surface area is 162 Å². The first-order chi connectivity index (χ1) is 12.6. The number of aromatic nitrogens is 2. The van der Waals surface area contributed by atoms with Gasteiger partial charge in [-0.2, -0.15) is 5.10 Å². The van der Waals surface area contributed by atoms with Gasteiger partial charge in [-0.3, -0.25) is 9.69 Å². The molecule has 0 bridgehead atoms. The minimum absolute atomic E-state index is 0.119. The van der Waals surface area contributed by atoms with E-state index in [4.69, 9.17) is 0 Å².